The standard InChI is InChI=1S/C14H16F2N2S/c1-19-7-3-2-5-17-13-4-6-18-14-11(13)8-10(15)9-12(14)16/h4,6,8-9H,2-3,5,7H2,1H3,(H,17,18). The van der Waals surface area contributed by atoms with Crippen molar-refractivity contribution in [1.29, 1.82) is 0 Å². The van der Waals surface area contributed by atoms with Crippen LogP contribution in [0.1, 0.15) is 12.8 Å². The van der Waals surface area contributed by atoms with Gasteiger partial charge in [0.05, 0.1) is 0 Å². The number of hydrogen-bond donors (Lipinski definition) is 1. The van der Waals surface area contributed by atoms with Crippen molar-refractivity contribution in [3.8, 4) is 0 Å². The van der Waals surface area contributed by atoms with E-state index in [0.717, 1.165) is 36.9 Å². The van der Waals surface area contributed by atoms with Gasteiger partial charge in [-0.05, 0) is 37.0 Å². The van der Waals surface area contributed by atoms with Gasteiger partial charge in [0.2, 0.25) is 0 Å². The number of benzene rings is 1. The number of aromatic nitrogens is 1. The minimum atomic E-state index is -0.624. The second-order valence-corrected chi connectivity index (χ2v) is 5.25. The predicted octanol–water partition coefficient (Wildman–Crippen LogP) is 4.07. The largest absolute Gasteiger partial charge is 0.384 e. The summed E-state index contributed by atoms with van der Waals surface area (Å²) in [4.78, 5) is 3.96. The number of nitrogens with zero attached hydrogens (tertiary/aromatic N) is 1. The Morgan fingerprint density at radius 1 is 1.26 bits per heavy atom. The average Bonchev–Trinajstić information content (AvgIpc) is 2.39. The summed E-state index contributed by atoms with van der Waals surface area (Å²) in [6.45, 7) is 0.789. The van der Waals surface area contributed by atoms with Gasteiger partial charge in [-0.15, -0.1) is 0 Å². The van der Waals surface area contributed by atoms with Crippen molar-refractivity contribution in [3.05, 3.63) is 36.0 Å². The van der Waals surface area contributed by atoms with Crippen LogP contribution in [0.25, 0.3) is 10.9 Å². The van der Waals surface area contributed by atoms with Gasteiger partial charge in [-0.3, -0.25) is 4.98 Å². The van der Waals surface area contributed by atoms with Crippen LogP contribution in [0.4, 0.5) is 14.5 Å². The van der Waals surface area contributed by atoms with Crippen molar-refractivity contribution >= 4 is 28.4 Å². The summed E-state index contributed by atoms with van der Waals surface area (Å²) in [6.07, 6.45) is 5.77. The lowest BCUT2D eigenvalue weighted by Crippen LogP contribution is -2.03. The Kier molecular flexibility index (Phi) is 4.96. The summed E-state index contributed by atoms with van der Waals surface area (Å²) in [7, 11) is 0. The molecule has 1 N–H and O–H groups in total. The van der Waals surface area contributed by atoms with Crippen LogP contribution in [-0.4, -0.2) is 23.5 Å². The summed E-state index contributed by atoms with van der Waals surface area (Å²) in [5.74, 6) is -0.0772. The number of halogens is 2. The second kappa shape index (κ2) is 6.70. The van der Waals surface area contributed by atoms with Crippen LogP contribution in [-0.2, 0) is 0 Å². The number of pyridine rings is 1. The number of fused-ring (bicyclic) bond motifs is 1. The van der Waals surface area contributed by atoms with Crippen LogP contribution < -0.4 is 5.32 Å². The predicted molar refractivity (Wildman–Crippen MR) is 77.8 cm³/mol. The van der Waals surface area contributed by atoms with E-state index in [1.54, 1.807) is 6.07 Å². The highest BCUT2D eigenvalue weighted by atomic mass is 32.2. The molecule has 2 rings (SSSR count). The molecule has 1 heterocycles. The fourth-order valence-corrected chi connectivity index (χ4v) is 2.42. The molecule has 2 aromatic rings. The average molecular weight is 282 g/mol. The number of thioether (sulfide) groups is 1. The first-order chi connectivity index (χ1) is 9.22. The molecule has 0 saturated carbocycles. The molecule has 1 aromatic carbocycles. The quantitative estimate of drug-likeness (QED) is 0.808. The molecule has 0 amide bonds. The number of hydrogen-bond acceptors (Lipinski definition) is 3. The van der Waals surface area contributed by atoms with Crippen LogP contribution in [0.15, 0.2) is 24.4 Å². The van der Waals surface area contributed by atoms with E-state index < -0.39 is 11.6 Å². The Bertz CT molecular complexity index is 560. The van der Waals surface area contributed by atoms with E-state index in [1.165, 1.54) is 12.3 Å². The fraction of sp³-hybridized carbons (Fsp3) is 0.357. The Morgan fingerprint density at radius 2 is 2.11 bits per heavy atom. The number of unbranched alkanes of at least 4 members (excludes halogenated alkanes) is 1. The van der Waals surface area contributed by atoms with Crippen LogP contribution in [0.5, 0.6) is 0 Å². The Balaban J connectivity index is 2.14. The first-order valence-electron chi connectivity index (χ1n) is 6.19. The van der Waals surface area contributed by atoms with E-state index in [0.29, 0.717) is 5.39 Å². The fourth-order valence-electron chi connectivity index (χ4n) is 1.93. The molecule has 102 valence electrons. The summed E-state index contributed by atoms with van der Waals surface area (Å²) in [6, 6.07) is 3.92. The smallest absolute Gasteiger partial charge is 0.152 e. The summed E-state index contributed by atoms with van der Waals surface area (Å²) in [5, 5.41) is 3.71. The van der Waals surface area contributed by atoms with Gasteiger partial charge in [-0.25, -0.2) is 8.78 Å². The van der Waals surface area contributed by atoms with E-state index >= 15 is 0 Å². The van der Waals surface area contributed by atoms with E-state index in [9.17, 15) is 8.78 Å². The minimum absolute atomic E-state index is 0.204. The van der Waals surface area contributed by atoms with Crippen LogP contribution in [0, 0.1) is 11.6 Å². The molecule has 0 radical (unpaired) electrons. The second-order valence-electron chi connectivity index (χ2n) is 4.27. The maximum atomic E-state index is 13.6. The maximum Gasteiger partial charge on any atom is 0.152 e. The lowest BCUT2D eigenvalue weighted by molar-refractivity contribution is 0.590. The van der Waals surface area contributed by atoms with Crippen molar-refractivity contribution in [1.82, 2.24) is 4.98 Å². The number of nitrogens with one attached hydrogen (secondary N) is 1. The molecule has 2 nitrogen and oxygen atoms in total. The van der Waals surface area contributed by atoms with Crippen molar-refractivity contribution < 1.29 is 8.78 Å². The molecule has 0 bridgehead atoms. The topological polar surface area (TPSA) is 24.9 Å². The van der Waals surface area contributed by atoms with E-state index in [-0.39, 0.29) is 5.52 Å². The van der Waals surface area contributed by atoms with Gasteiger partial charge < -0.3 is 5.32 Å². The van der Waals surface area contributed by atoms with E-state index in [2.05, 4.69) is 16.6 Å². The molecule has 0 aliphatic carbocycles. The van der Waals surface area contributed by atoms with Gasteiger partial charge in [0.25, 0.3) is 0 Å². The lowest BCUT2D eigenvalue weighted by Gasteiger charge is -2.09. The van der Waals surface area contributed by atoms with Crippen molar-refractivity contribution in [2.75, 3.05) is 23.9 Å². The molecule has 0 atom stereocenters. The Morgan fingerprint density at radius 3 is 2.89 bits per heavy atom. The molecule has 0 saturated heterocycles. The van der Waals surface area contributed by atoms with Crippen molar-refractivity contribution in [3.63, 3.8) is 0 Å². The summed E-state index contributed by atoms with van der Waals surface area (Å²) >= 11 is 1.82. The van der Waals surface area contributed by atoms with Gasteiger partial charge in [0, 0.05) is 29.9 Å². The van der Waals surface area contributed by atoms with Crippen LogP contribution >= 0.6 is 11.8 Å². The monoisotopic (exact) mass is 282 g/mol. The highest BCUT2D eigenvalue weighted by molar-refractivity contribution is 7.98. The van der Waals surface area contributed by atoms with Crippen LogP contribution in [0.2, 0.25) is 0 Å². The molecular weight excluding hydrogens is 266 g/mol. The molecule has 0 unspecified atom stereocenters. The van der Waals surface area contributed by atoms with E-state index in [4.69, 9.17) is 0 Å². The number of rotatable bonds is 6. The normalized spacial score (nSPS) is 10.9. The molecule has 0 aliphatic rings. The maximum absolute atomic E-state index is 13.6. The third-order valence-electron chi connectivity index (χ3n) is 2.85. The zero-order valence-corrected chi connectivity index (χ0v) is 11.6. The molecule has 0 aliphatic heterocycles. The first-order valence-corrected chi connectivity index (χ1v) is 7.58. The Labute approximate surface area is 115 Å². The van der Waals surface area contributed by atoms with Gasteiger partial charge in [0.1, 0.15) is 11.3 Å². The summed E-state index contributed by atoms with van der Waals surface area (Å²) in [5.41, 5.74) is 0.933. The molecule has 1 aromatic heterocycles. The lowest BCUT2D eigenvalue weighted by atomic mass is 10.1. The minimum Gasteiger partial charge on any atom is -0.384 e. The van der Waals surface area contributed by atoms with Gasteiger partial charge in [-0.2, -0.15) is 11.8 Å². The zero-order valence-electron chi connectivity index (χ0n) is 10.7. The van der Waals surface area contributed by atoms with E-state index in [1.807, 2.05) is 11.8 Å². The van der Waals surface area contributed by atoms with Gasteiger partial charge in [0.15, 0.2) is 5.82 Å². The Hall–Kier alpha value is -1.36. The number of anilines is 1. The zero-order chi connectivity index (χ0) is 13.7. The third kappa shape index (κ3) is 3.56. The molecule has 5 heteroatoms. The molecule has 19 heavy (non-hydrogen) atoms. The molecular formula is C14H16F2N2S. The molecule has 0 fully saturated rings. The molecule has 0 spiro atoms. The highest BCUT2D eigenvalue weighted by Gasteiger charge is 2.08. The van der Waals surface area contributed by atoms with Gasteiger partial charge in [-0.1, -0.05) is 0 Å². The first kappa shape index (κ1) is 14.1. The summed E-state index contributed by atoms with van der Waals surface area (Å²) < 4.78 is 26.9. The highest BCUT2D eigenvalue weighted by Crippen LogP contribution is 2.24. The SMILES string of the molecule is CSCCCCNc1ccnc2c(F)cc(F)cc12. The van der Waals surface area contributed by atoms with Crippen molar-refractivity contribution in [2.24, 2.45) is 0 Å². The van der Waals surface area contributed by atoms with Crippen molar-refractivity contribution in [2.45, 2.75) is 12.8 Å². The van der Waals surface area contributed by atoms with Crippen LogP contribution in [0.3, 0.4) is 0 Å². The van der Waals surface area contributed by atoms with Gasteiger partial charge >= 0.3 is 0 Å². The third-order valence-corrected chi connectivity index (χ3v) is 3.55.